The van der Waals surface area contributed by atoms with Crippen LogP contribution in [0.1, 0.15) is 28.8 Å². The fraction of sp³-hybridized carbons (Fsp3) is 0.429. The number of amides is 1. The zero-order chi connectivity index (χ0) is 13.8. The van der Waals surface area contributed by atoms with Crippen LogP contribution in [0.25, 0.3) is 0 Å². The number of halogens is 1. The molecular weight excluding hydrogens is 308 g/mol. The molecule has 0 aromatic heterocycles. The fourth-order valence-electron chi connectivity index (χ4n) is 2.22. The molecule has 0 unspecified atom stereocenters. The average molecular weight is 323 g/mol. The van der Waals surface area contributed by atoms with E-state index in [2.05, 4.69) is 22.0 Å². The molecule has 1 aromatic rings. The van der Waals surface area contributed by atoms with Gasteiger partial charge in [0.05, 0.1) is 23.3 Å². The quantitative estimate of drug-likeness (QED) is 0.840. The number of likely N-dealkylation sites (tertiary alicyclic amines) is 1. The van der Waals surface area contributed by atoms with Crippen LogP contribution in [0.4, 0.5) is 0 Å². The molecule has 5 heteroatoms. The molecule has 100 valence electrons. The number of hydrogen-bond donors (Lipinski definition) is 0. The Morgan fingerprint density at radius 1 is 1.47 bits per heavy atom. The van der Waals surface area contributed by atoms with Crippen molar-refractivity contribution in [2.45, 2.75) is 18.9 Å². The minimum atomic E-state index is 0.00548. The summed E-state index contributed by atoms with van der Waals surface area (Å²) < 4.78 is 5.97. The second kappa shape index (κ2) is 6.18. The fourth-order valence-corrected chi connectivity index (χ4v) is 2.77. The van der Waals surface area contributed by atoms with Crippen LogP contribution in [0.15, 0.2) is 22.7 Å². The van der Waals surface area contributed by atoms with E-state index in [-0.39, 0.29) is 12.0 Å². The van der Waals surface area contributed by atoms with Gasteiger partial charge in [0.1, 0.15) is 0 Å². The van der Waals surface area contributed by atoms with Crippen molar-refractivity contribution in [2.75, 3.05) is 20.2 Å². The lowest BCUT2D eigenvalue weighted by atomic mass is 10.1. The third-order valence-electron chi connectivity index (χ3n) is 3.39. The second-order valence-electron chi connectivity index (χ2n) is 4.53. The summed E-state index contributed by atoms with van der Waals surface area (Å²) in [5, 5.41) is 8.82. The van der Waals surface area contributed by atoms with Crippen molar-refractivity contribution in [3.8, 4) is 6.07 Å². The second-order valence-corrected chi connectivity index (χ2v) is 5.39. The van der Waals surface area contributed by atoms with Gasteiger partial charge in [0, 0.05) is 24.7 Å². The molecule has 1 aromatic carbocycles. The van der Waals surface area contributed by atoms with Crippen LogP contribution in [0.3, 0.4) is 0 Å². The molecule has 0 spiro atoms. The average Bonchev–Trinajstić information content (AvgIpc) is 2.46. The molecule has 1 aliphatic rings. The molecule has 1 heterocycles. The van der Waals surface area contributed by atoms with E-state index in [1.54, 1.807) is 25.3 Å². The summed E-state index contributed by atoms with van der Waals surface area (Å²) in [6.07, 6.45) is 2.00. The number of ether oxygens (including phenoxy) is 1. The number of carbonyl (C=O) groups excluding carboxylic acids is 1. The molecule has 2 rings (SSSR count). The first kappa shape index (κ1) is 14.0. The summed E-state index contributed by atoms with van der Waals surface area (Å²) in [6.45, 7) is 1.42. The highest BCUT2D eigenvalue weighted by atomic mass is 79.9. The standard InChI is InChI=1S/C14H15BrN2O2/c1-19-11-4-6-17(7-5-11)14(18)12-3-2-10(9-16)8-13(12)15/h2-3,8,11H,4-7H2,1H3. The Labute approximate surface area is 121 Å². The lowest BCUT2D eigenvalue weighted by Gasteiger charge is -2.31. The Kier molecular flexibility index (Phi) is 4.56. The maximum Gasteiger partial charge on any atom is 0.255 e. The normalized spacial score (nSPS) is 16.2. The van der Waals surface area contributed by atoms with Gasteiger partial charge in [0.2, 0.25) is 0 Å². The van der Waals surface area contributed by atoms with E-state index in [0.717, 1.165) is 12.8 Å². The molecule has 19 heavy (non-hydrogen) atoms. The zero-order valence-corrected chi connectivity index (χ0v) is 12.3. The van der Waals surface area contributed by atoms with E-state index < -0.39 is 0 Å². The summed E-state index contributed by atoms with van der Waals surface area (Å²) in [5.74, 6) is 0.00548. The highest BCUT2D eigenvalue weighted by Gasteiger charge is 2.24. The van der Waals surface area contributed by atoms with E-state index in [9.17, 15) is 4.79 Å². The molecule has 0 N–H and O–H groups in total. The van der Waals surface area contributed by atoms with Gasteiger partial charge in [0.25, 0.3) is 5.91 Å². The Morgan fingerprint density at radius 2 is 2.16 bits per heavy atom. The van der Waals surface area contributed by atoms with Crippen molar-refractivity contribution >= 4 is 21.8 Å². The van der Waals surface area contributed by atoms with Gasteiger partial charge in [-0.1, -0.05) is 0 Å². The first-order valence-electron chi connectivity index (χ1n) is 6.17. The molecular formula is C14H15BrN2O2. The number of hydrogen-bond acceptors (Lipinski definition) is 3. The number of carbonyl (C=O) groups is 1. The Bertz CT molecular complexity index is 517. The molecule has 1 amide bonds. The van der Waals surface area contributed by atoms with Crippen molar-refractivity contribution in [1.29, 1.82) is 5.26 Å². The SMILES string of the molecule is COC1CCN(C(=O)c2ccc(C#N)cc2Br)CC1. The smallest absolute Gasteiger partial charge is 0.255 e. The van der Waals surface area contributed by atoms with Crippen molar-refractivity contribution in [1.82, 2.24) is 4.90 Å². The van der Waals surface area contributed by atoms with Gasteiger partial charge in [-0.25, -0.2) is 0 Å². The predicted octanol–water partition coefficient (Wildman–Crippen LogP) is 2.57. The lowest BCUT2D eigenvalue weighted by molar-refractivity contribution is 0.0350. The highest BCUT2D eigenvalue weighted by Crippen LogP contribution is 2.22. The maximum atomic E-state index is 12.4. The summed E-state index contributed by atoms with van der Waals surface area (Å²) in [5.41, 5.74) is 1.15. The summed E-state index contributed by atoms with van der Waals surface area (Å²) in [7, 11) is 1.71. The van der Waals surface area contributed by atoms with E-state index >= 15 is 0 Å². The van der Waals surface area contributed by atoms with Crippen LogP contribution in [-0.4, -0.2) is 37.1 Å². The molecule has 0 aliphatic carbocycles. The van der Waals surface area contributed by atoms with Crippen LogP contribution in [-0.2, 0) is 4.74 Å². The van der Waals surface area contributed by atoms with Crippen molar-refractivity contribution < 1.29 is 9.53 Å². The number of nitrogens with zero attached hydrogens (tertiary/aromatic N) is 2. The summed E-state index contributed by atoms with van der Waals surface area (Å²) >= 11 is 3.36. The van der Waals surface area contributed by atoms with Crippen molar-refractivity contribution in [2.24, 2.45) is 0 Å². The van der Waals surface area contributed by atoms with E-state index in [4.69, 9.17) is 10.00 Å². The van der Waals surface area contributed by atoms with Crippen molar-refractivity contribution in [3.05, 3.63) is 33.8 Å². The molecule has 0 radical (unpaired) electrons. The molecule has 1 aliphatic heterocycles. The van der Waals surface area contributed by atoms with Crippen LogP contribution in [0, 0.1) is 11.3 Å². The Hall–Kier alpha value is -1.38. The Morgan fingerprint density at radius 3 is 2.68 bits per heavy atom. The number of methoxy groups -OCH3 is 1. The van der Waals surface area contributed by atoms with Crippen molar-refractivity contribution in [3.63, 3.8) is 0 Å². The zero-order valence-electron chi connectivity index (χ0n) is 10.7. The van der Waals surface area contributed by atoms with E-state index in [1.165, 1.54) is 0 Å². The van der Waals surface area contributed by atoms with Crippen LogP contribution in [0.5, 0.6) is 0 Å². The number of rotatable bonds is 2. The summed E-state index contributed by atoms with van der Waals surface area (Å²) in [6, 6.07) is 7.10. The molecule has 1 fully saturated rings. The topological polar surface area (TPSA) is 53.3 Å². The van der Waals surface area contributed by atoms with Crippen LogP contribution >= 0.6 is 15.9 Å². The minimum absolute atomic E-state index is 0.00548. The monoisotopic (exact) mass is 322 g/mol. The first-order valence-corrected chi connectivity index (χ1v) is 6.96. The van der Waals surface area contributed by atoms with Gasteiger partial charge in [-0.15, -0.1) is 0 Å². The largest absolute Gasteiger partial charge is 0.381 e. The molecule has 1 saturated heterocycles. The summed E-state index contributed by atoms with van der Waals surface area (Å²) in [4.78, 5) is 14.2. The van der Waals surface area contributed by atoms with Gasteiger partial charge in [-0.05, 0) is 47.0 Å². The lowest BCUT2D eigenvalue weighted by Crippen LogP contribution is -2.40. The third kappa shape index (κ3) is 3.14. The van der Waals surface area contributed by atoms with E-state index in [0.29, 0.717) is 28.7 Å². The predicted molar refractivity (Wildman–Crippen MR) is 74.8 cm³/mol. The molecule has 0 saturated carbocycles. The van der Waals surface area contributed by atoms with Gasteiger partial charge in [-0.2, -0.15) is 5.26 Å². The third-order valence-corrected chi connectivity index (χ3v) is 4.05. The maximum absolute atomic E-state index is 12.4. The highest BCUT2D eigenvalue weighted by molar-refractivity contribution is 9.10. The first-order chi connectivity index (χ1) is 9.15. The van der Waals surface area contributed by atoms with Gasteiger partial charge >= 0.3 is 0 Å². The molecule has 0 atom stereocenters. The van der Waals surface area contributed by atoms with Crippen LogP contribution in [0.2, 0.25) is 0 Å². The van der Waals surface area contributed by atoms with E-state index in [1.807, 2.05) is 4.90 Å². The number of benzene rings is 1. The molecule has 4 nitrogen and oxygen atoms in total. The number of piperidine rings is 1. The minimum Gasteiger partial charge on any atom is -0.381 e. The Balaban J connectivity index is 2.10. The van der Waals surface area contributed by atoms with Crippen LogP contribution < -0.4 is 0 Å². The van der Waals surface area contributed by atoms with Gasteiger partial charge in [-0.3, -0.25) is 4.79 Å². The van der Waals surface area contributed by atoms with Gasteiger partial charge < -0.3 is 9.64 Å². The van der Waals surface area contributed by atoms with Gasteiger partial charge in [0.15, 0.2) is 0 Å². The molecule has 0 bridgehead atoms. The number of nitriles is 1.